The zero-order chi connectivity index (χ0) is 10.4. The molecule has 0 saturated carbocycles. The van der Waals surface area contributed by atoms with E-state index in [0.29, 0.717) is 0 Å². The van der Waals surface area contributed by atoms with Crippen LogP contribution in [0.4, 0.5) is 0 Å². The zero-order valence-electron chi connectivity index (χ0n) is 8.57. The predicted octanol–water partition coefficient (Wildman–Crippen LogP) is 0.988. The second-order valence-electron chi connectivity index (χ2n) is 3.08. The topological polar surface area (TPSA) is 44.6 Å². The van der Waals surface area contributed by atoms with Gasteiger partial charge in [0.15, 0.2) is 0 Å². The zero-order valence-corrected chi connectivity index (χ0v) is 8.57. The van der Waals surface area contributed by atoms with E-state index >= 15 is 0 Å². The van der Waals surface area contributed by atoms with Gasteiger partial charge in [-0.05, 0) is 18.2 Å². The highest BCUT2D eigenvalue weighted by atomic mass is 16.3. The summed E-state index contributed by atoms with van der Waals surface area (Å²) in [7, 11) is 3.58. The van der Waals surface area contributed by atoms with Gasteiger partial charge in [-0.25, -0.2) is 0 Å². The Morgan fingerprint density at radius 1 is 1.43 bits per heavy atom. The minimum Gasteiger partial charge on any atom is -0.394 e. The van der Waals surface area contributed by atoms with Crippen molar-refractivity contribution in [1.82, 2.24) is 5.32 Å². The van der Waals surface area contributed by atoms with Crippen molar-refractivity contribution in [2.24, 2.45) is 4.99 Å². The van der Waals surface area contributed by atoms with Gasteiger partial charge in [-0.3, -0.25) is 4.99 Å². The molecule has 0 aromatic heterocycles. The summed E-state index contributed by atoms with van der Waals surface area (Å²) >= 11 is 0. The van der Waals surface area contributed by atoms with Crippen molar-refractivity contribution < 1.29 is 5.11 Å². The van der Waals surface area contributed by atoms with Gasteiger partial charge in [0.2, 0.25) is 0 Å². The summed E-state index contributed by atoms with van der Waals surface area (Å²) in [5.41, 5.74) is 2.16. The summed E-state index contributed by atoms with van der Waals surface area (Å²) in [6, 6.07) is 7.98. The summed E-state index contributed by atoms with van der Waals surface area (Å²) < 4.78 is 0. The molecule has 0 heterocycles. The lowest BCUT2D eigenvalue weighted by Crippen LogP contribution is -2.19. The molecule has 1 aromatic rings. The first-order chi connectivity index (χ1) is 6.81. The van der Waals surface area contributed by atoms with E-state index in [2.05, 4.69) is 10.3 Å². The lowest BCUT2D eigenvalue weighted by molar-refractivity contribution is 0.251. The van der Waals surface area contributed by atoms with Gasteiger partial charge in [0.05, 0.1) is 12.6 Å². The SMILES string of the molecule is CN=Cc1ccc(C(CO)NC)cc1. The van der Waals surface area contributed by atoms with Crippen LogP contribution in [0.1, 0.15) is 17.2 Å². The van der Waals surface area contributed by atoms with Crippen molar-refractivity contribution >= 4 is 6.21 Å². The fraction of sp³-hybridized carbons (Fsp3) is 0.364. The van der Waals surface area contributed by atoms with E-state index in [1.54, 1.807) is 13.3 Å². The van der Waals surface area contributed by atoms with E-state index in [-0.39, 0.29) is 12.6 Å². The van der Waals surface area contributed by atoms with Crippen LogP contribution >= 0.6 is 0 Å². The highest BCUT2D eigenvalue weighted by Gasteiger charge is 2.05. The Labute approximate surface area is 84.5 Å². The average molecular weight is 192 g/mol. The molecule has 0 bridgehead atoms. The highest BCUT2D eigenvalue weighted by molar-refractivity contribution is 5.79. The molecule has 1 rings (SSSR count). The molecule has 1 unspecified atom stereocenters. The number of nitrogens with one attached hydrogen (secondary N) is 1. The number of aliphatic imine (C=N–C) groups is 1. The van der Waals surface area contributed by atoms with Crippen LogP contribution < -0.4 is 5.32 Å². The molecule has 0 spiro atoms. The van der Waals surface area contributed by atoms with Crippen LogP contribution in [0, 0.1) is 0 Å². The molecular weight excluding hydrogens is 176 g/mol. The van der Waals surface area contributed by atoms with E-state index in [4.69, 9.17) is 5.11 Å². The van der Waals surface area contributed by atoms with E-state index in [1.165, 1.54) is 0 Å². The van der Waals surface area contributed by atoms with Gasteiger partial charge in [-0.15, -0.1) is 0 Å². The van der Waals surface area contributed by atoms with Gasteiger partial charge in [0, 0.05) is 13.3 Å². The first-order valence-electron chi connectivity index (χ1n) is 4.62. The maximum absolute atomic E-state index is 9.06. The van der Waals surface area contributed by atoms with E-state index in [1.807, 2.05) is 31.3 Å². The van der Waals surface area contributed by atoms with Crippen molar-refractivity contribution in [3.63, 3.8) is 0 Å². The van der Waals surface area contributed by atoms with Gasteiger partial charge < -0.3 is 10.4 Å². The summed E-state index contributed by atoms with van der Waals surface area (Å²) in [5, 5.41) is 12.1. The second kappa shape index (κ2) is 5.52. The van der Waals surface area contributed by atoms with Crippen LogP contribution in [0.5, 0.6) is 0 Å². The predicted molar refractivity (Wildman–Crippen MR) is 58.8 cm³/mol. The Morgan fingerprint density at radius 3 is 2.50 bits per heavy atom. The lowest BCUT2D eigenvalue weighted by Gasteiger charge is -2.13. The Balaban J connectivity index is 2.81. The third kappa shape index (κ3) is 2.65. The maximum atomic E-state index is 9.06. The van der Waals surface area contributed by atoms with Gasteiger partial charge in [0.1, 0.15) is 0 Å². The van der Waals surface area contributed by atoms with Crippen LogP contribution in [-0.4, -0.2) is 32.0 Å². The van der Waals surface area contributed by atoms with Crippen molar-refractivity contribution in [3.8, 4) is 0 Å². The molecule has 3 heteroatoms. The highest BCUT2D eigenvalue weighted by Crippen LogP contribution is 2.12. The van der Waals surface area contributed by atoms with Crippen molar-refractivity contribution in [2.75, 3.05) is 20.7 Å². The molecule has 76 valence electrons. The largest absolute Gasteiger partial charge is 0.394 e. The molecule has 0 radical (unpaired) electrons. The van der Waals surface area contributed by atoms with Crippen molar-refractivity contribution in [2.45, 2.75) is 6.04 Å². The molecule has 0 aliphatic rings. The first-order valence-corrected chi connectivity index (χ1v) is 4.62. The summed E-state index contributed by atoms with van der Waals surface area (Å²) in [6.07, 6.45) is 1.80. The number of likely N-dealkylation sites (N-methyl/N-ethyl adjacent to an activating group) is 1. The molecule has 0 aliphatic heterocycles. The Morgan fingerprint density at radius 2 is 2.07 bits per heavy atom. The maximum Gasteiger partial charge on any atom is 0.0626 e. The number of benzene rings is 1. The van der Waals surface area contributed by atoms with Crippen LogP contribution in [0.3, 0.4) is 0 Å². The number of rotatable bonds is 4. The van der Waals surface area contributed by atoms with Crippen LogP contribution in [0.2, 0.25) is 0 Å². The van der Waals surface area contributed by atoms with Crippen molar-refractivity contribution in [1.29, 1.82) is 0 Å². The van der Waals surface area contributed by atoms with Crippen molar-refractivity contribution in [3.05, 3.63) is 35.4 Å². The standard InChI is InChI=1S/C11H16N2O/c1-12-7-9-3-5-10(6-4-9)11(8-14)13-2/h3-7,11,13-14H,8H2,1-2H3. The minimum atomic E-state index is 0.0163. The second-order valence-corrected chi connectivity index (χ2v) is 3.08. The fourth-order valence-electron chi connectivity index (χ4n) is 1.33. The normalized spacial score (nSPS) is 13.4. The number of aliphatic hydroxyl groups is 1. The fourth-order valence-corrected chi connectivity index (χ4v) is 1.33. The molecule has 3 nitrogen and oxygen atoms in total. The number of aliphatic hydroxyl groups excluding tert-OH is 1. The minimum absolute atomic E-state index is 0.0163. The number of hydrogen-bond donors (Lipinski definition) is 2. The smallest absolute Gasteiger partial charge is 0.0626 e. The molecule has 0 fully saturated rings. The molecule has 1 atom stereocenters. The Hall–Kier alpha value is -1.19. The van der Waals surface area contributed by atoms with Gasteiger partial charge in [0.25, 0.3) is 0 Å². The van der Waals surface area contributed by atoms with Gasteiger partial charge in [-0.2, -0.15) is 0 Å². The molecule has 0 saturated heterocycles. The Kier molecular flexibility index (Phi) is 4.29. The van der Waals surface area contributed by atoms with Gasteiger partial charge in [-0.1, -0.05) is 24.3 Å². The third-order valence-corrected chi connectivity index (χ3v) is 2.15. The average Bonchev–Trinajstić information content (AvgIpc) is 2.23. The molecule has 14 heavy (non-hydrogen) atoms. The van der Waals surface area contributed by atoms with E-state index in [9.17, 15) is 0 Å². The molecule has 0 aliphatic carbocycles. The summed E-state index contributed by atoms with van der Waals surface area (Å²) in [4.78, 5) is 3.93. The lowest BCUT2D eigenvalue weighted by atomic mass is 10.1. The molecule has 1 aromatic carbocycles. The van der Waals surface area contributed by atoms with Gasteiger partial charge >= 0.3 is 0 Å². The third-order valence-electron chi connectivity index (χ3n) is 2.15. The van der Waals surface area contributed by atoms with E-state index in [0.717, 1.165) is 11.1 Å². The molecular formula is C11H16N2O. The molecule has 0 amide bonds. The van der Waals surface area contributed by atoms with Crippen LogP contribution in [0.25, 0.3) is 0 Å². The van der Waals surface area contributed by atoms with E-state index < -0.39 is 0 Å². The quantitative estimate of drug-likeness (QED) is 0.699. The number of hydrogen-bond acceptors (Lipinski definition) is 3. The first kappa shape index (κ1) is 10.9. The van der Waals surface area contributed by atoms with Crippen LogP contribution in [0.15, 0.2) is 29.3 Å². The molecule has 2 N–H and O–H groups in total. The summed E-state index contributed by atoms with van der Waals surface area (Å²) in [6.45, 7) is 0.109. The summed E-state index contributed by atoms with van der Waals surface area (Å²) in [5.74, 6) is 0. The van der Waals surface area contributed by atoms with Crippen LogP contribution in [-0.2, 0) is 0 Å². The number of nitrogens with zero attached hydrogens (tertiary/aromatic N) is 1. The Bertz CT molecular complexity index is 289. The monoisotopic (exact) mass is 192 g/mol.